The molecule has 0 saturated carbocycles. The molecule has 7 heteroatoms. The van der Waals surface area contributed by atoms with Crippen LogP contribution in [0.5, 0.6) is 0 Å². The van der Waals surface area contributed by atoms with Gasteiger partial charge in [-0.3, -0.25) is 19.2 Å². The largest absolute Gasteiger partial charge is 0.469 e. The first-order valence-electron chi connectivity index (χ1n) is 6.40. The Morgan fingerprint density at radius 2 is 1.68 bits per heavy atom. The number of hydrogen-bond donors (Lipinski definition) is 1. The van der Waals surface area contributed by atoms with E-state index in [1.807, 2.05) is 0 Å². The van der Waals surface area contributed by atoms with Crippen molar-refractivity contribution in [2.75, 3.05) is 7.11 Å². The van der Waals surface area contributed by atoms with E-state index in [2.05, 4.69) is 10.1 Å². The average Bonchev–Trinajstić information content (AvgIpc) is 2.54. The molecule has 1 N–H and O–H groups in total. The zero-order chi connectivity index (χ0) is 16.3. The van der Waals surface area contributed by atoms with E-state index in [9.17, 15) is 19.2 Å². The number of benzene rings is 1. The normalized spacial score (nSPS) is 13.7. The number of methoxy groups -OCH3 is 1. The van der Waals surface area contributed by atoms with Crippen LogP contribution in [-0.2, 0) is 14.3 Å². The second-order valence-corrected chi connectivity index (χ2v) is 4.90. The molecule has 0 unspecified atom stereocenters. The summed E-state index contributed by atoms with van der Waals surface area (Å²) in [6.07, 6.45) is -0.310. The van der Waals surface area contributed by atoms with Gasteiger partial charge in [0.1, 0.15) is 10.7 Å². The van der Waals surface area contributed by atoms with E-state index in [1.165, 1.54) is 19.2 Å². The van der Waals surface area contributed by atoms with Gasteiger partial charge in [0.25, 0.3) is 0 Å². The number of amides is 1. The number of allylic oxidation sites excluding steroid dienone is 2. The zero-order valence-electron chi connectivity index (χ0n) is 11.6. The third kappa shape index (κ3) is 3.07. The van der Waals surface area contributed by atoms with Gasteiger partial charge in [-0.2, -0.15) is 0 Å². The highest BCUT2D eigenvalue weighted by molar-refractivity contribution is 6.50. The van der Waals surface area contributed by atoms with E-state index >= 15 is 0 Å². The molecule has 1 aliphatic rings. The molecule has 0 spiro atoms. The summed E-state index contributed by atoms with van der Waals surface area (Å²) in [6.45, 7) is 0. The third-order valence-corrected chi connectivity index (χ3v) is 3.47. The molecule has 22 heavy (non-hydrogen) atoms. The predicted molar refractivity (Wildman–Crippen MR) is 77.4 cm³/mol. The van der Waals surface area contributed by atoms with Crippen LogP contribution >= 0.6 is 11.6 Å². The number of esters is 1. The highest BCUT2D eigenvalue weighted by Gasteiger charge is 2.32. The molecule has 1 amide bonds. The van der Waals surface area contributed by atoms with Crippen molar-refractivity contribution in [1.82, 2.24) is 5.32 Å². The molecule has 0 radical (unpaired) electrons. The van der Waals surface area contributed by atoms with Crippen molar-refractivity contribution in [1.29, 1.82) is 0 Å². The van der Waals surface area contributed by atoms with Gasteiger partial charge in [-0.15, -0.1) is 0 Å². The van der Waals surface area contributed by atoms with E-state index in [0.717, 1.165) is 0 Å². The fourth-order valence-corrected chi connectivity index (χ4v) is 2.21. The van der Waals surface area contributed by atoms with Gasteiger partial charge in [0, 0.05) is 17.5 Å². The van der Waals surface area contributed by atoms with Crippen LogP contribution in [0.2, 0.25) is 0 Å². The number of fused-ring (bicyclic) bond motifs is 1. The molecule has 0 aromatic heterocycles. The lowest BCUT2D eigenvalue weighted by atomic mass is 9.92. The second-order valence-electron chi connectivity index (χ2n) is 4.52. The van der Waals surface area contributed by atoms with Gasteiger partial charge in [0.15, 0.2) is 0 Å². The predicted octanol–water partition coefficient (Wildman–Crippen LogP) is 1.59. The van der Waals surface area contributed by atoms with Gasteiger partial charge in [-0.1, -0.05) is 35.9 Å². The zero-order valence-corrected chi connectivity index (χ0v) is 12.4. The van der Waals surface area contributed by atoms with E-state index < -0.39 is 23.4 Å². The molecule has 1 aromatic rings. The number of ketones is 2. The third-order valence-electron chi connectivity index (χ3n) is 3.11. The first kappa shape index (κ1) is 15.9. The Bertz CT molecular complexity index is 708. The van der Waals surface area contributed by atoms with Crippen LogP contribution in [0.25, 0.3) is 0 Å². The molecule has 0 saturated heterocycles. The first-order chi connectivity index (χ1) is 10.5. The maximum atomic E-state index is 12.3. The molecular formula is C15H12ClNO5. The lowest BCUT2D eigenvalue weighted by Crippen LogP contribution is -2.33. The number of carbonyl (C=O) groups is 4. The Kier molecular flexibility index (Phi) is 4.72. The first-order valence-corrected chi connectivity index (χ1v) is 6.78. The number of hydrogen-bond acceptors (Lipinski definition) is 5. The molecule has 0 atom stereocenters. The second kappa shape index (κ2) is 6.53. The summed E-state index contributed by atoms with van der Waals surface area (Å²) >= 11 is 5.89. The fraction of sp³-hybridized carbons (Fsp3) is 0.200. The SMILES string of the molecule is COC(=O)CCC(=O)NC1=C(Cl)C(=O)c2ccccc2C1=O. The smallest absolute Gasteiger partial charge is 0.306 e. The van der Waals surface area contributed by atoms with Crippen LogP contribution < -0.4 is 5.32 Å². The van der Waals surface area contributed by atoms with Gasteiger partial charge >= 0.3 is 5.97 Å². The molecule has 1 aromatic carbocycles. The average molecular weight is 322 g/mol. The van der Waals surface area contributed by atoms with Gasteiger partial charge in [-0.05, 0) is 0 Å². The van der Waals surface area contributed by atoms with E-state index in [1.54, 1.807) is 12.1 Å². The van der Waals surface area contributed by atoms with E-state index in [0.29, 0.717) is 0 Å². The minimum atomic E-state index is -0.598. The number of carbonyl (C=O) groups excluding carboxylic acids is 4. The summed E-state index contributed by atoms with van der Waals surface area (Å²) < 4.78 is 4.42. The Hall–Kier alpha value is -2.47. The Labute approximate surface area is 131 Å². The van der Waals surface area contributed by atoms with Crippen LogP contribution in [0.15, 0.2) is 35.0 Å². The number of nitrogens with one attached hydrogen (secondary N) is 1. The highest BCUT2D eigenvalue weighted by Crippen LogP contribution is 2.27. The van der Waals surface area contributed by atoms with Gasteiger partial charge in [0.05, 0.1) is 13.5 Å². The lowest BCUT2D eigenvalue weighted by molar-refractivity contribution is -0.142. The van der Waals surface area contributed by atoms with Crippen LogP contribution in [0.1, 0.15) is 33.6 Å². The molecule has 0 aliphatic heterocycles. The van der Waals surface area contributed by atoms with Crippen LogP contribution in [0, 0.1) is 0 Å². The quantitative estimate of drug-likeness (QED) is 0.850. The summed E-state index contributed by atoms with van der Waals surface area (Å²) in [6, 6.07) is 6.21. The number of halogens is 1. The molecule has 2 rings (SSSR count). The highest BCUT2D eigenvalue weighted by atomic mass is 35.5. The van der Waals surface area contributed by atoms with E-state index in [-0.39, 0.29) is 34.7 Å². The minimum absolute atomic E-state index is 0.133. The monoisotopic (exact) mass is 321 g/mol. The van der Waals surface area contributed by atoms with Gasteiger partial charge in [-0.25, -0.2) is 0 Å². The number of ether oxygens (including phenoxy) is 1. The Morgan fingerprint density at radius 3 is 2.27 bits per heavy atom. The molecular weight excluding hydrogens is 310 g/mol. The topological polar surface area (TPSA) is 89.5 Å². The van der Waals surface area contributed by atoms with Crippen molar-refractivity contribution in [3.05, 3.63) is 46.1 Å². The lowest BCUT2D eigenvalue weighted by Gasteiger charge is -2.18. The Morgan fingerprint density at radius 1 is 1.09 bits per heavy atom. The molecule has 114 valence electrons. The van der Waals surface area contributed by atoms with Crippen LogP contribution in [0.3, 0.4) is 0 Å². The molecule has 0 fully saturated rings. The van der Waals surface area contributed by atoms with Gasteiger partial charge in [0.2, 0.25) is 17.5 Å². The maximum Gasteiger partial charge on any atom is 0.306 e. The minimum Gasteiger partial charge on any atom is -0.469 e. The standard InChI is InChI=1S/C15H12ClNO5/c1-22-11(19)7-6-10(18)17-13-12(16)14(20)8-4-2-3-5-9(8)15(13)21/h2-5H,6-7H2,1H3,(H,17,18). The summed E-state index contributed by atoms with van der Waals surface area (Å²) in [4.78, 5) is 47.2. The number of Topliss-reactive ketones (excluding diaryl/α,β-unsaturated/α-hetero) is 2. The summed E-state index contributed by atoms with van der Waals surface area (Å²) in [5.41, 5.74) is 0.116. The summed E-state index contributed by atoms with van der Waals surface area (Å²) in [5, 5.41) is 1.96. The summed E-state index contributed by atoms with van der Waals surface area (Å²) in [7, 11) is 1.21. The molecule has 1 aliphatic carbocycles. The molecule has 0 heterocycles. The van der Waals surface area contributed by atoms with E-state index in [4.69, 9.17) is 11.6 Å². The number of rotatable bonds is 4. The van der Waals surface area contributed by atoms with Crippen molar-refractivity contribution in [3.8, 4) is 0 Å². The maximum absolute atomic E-state index is 12.3. The van der Waals surface area contributed by atoms with Gasteiger partial charge < -0.3 is 10.1 Å². The van der Waals surface area contributed by atoms with Crippen molar-refractivity contribution in [2.45, 2.75) is 12.8 Å². The molecule has 0 bridgehead atoms. The fourth-order valence-electron chi connectivity index (χ4n) is 1.98. The summed E-state index contributed by atoms with van der Waals surface area (Å²) in [5.74, 6) is -2.21. The van der Waals surface area contributed by atoms with Crippen molar-refractivity contribution in [2.24, 2.45) is 0 Å². The van der Waals surface area contributed by atoms with Crippen molar-refractivity contribution in [3.63, 3.8) is 0 Å². The van der Waals surface area contributed by atoms with Crippen LogP contribution in [-0.4, -0.2) is 30.6 Å². The van der Waals surface area contributed by atoms with Crippen LogP contribution in [0.4, 0.5) is 0 Å². The van der Waals surface area contributed by atoms with Crippen molar-refractivity contribution < 1.29 is 23.9 Å². The molecule has 6 nitrogen and oxygen atoms in total. The Balaban J connectivity index is 2.19. The van der Waals surface area contributed by atoms with Crippen molar-refractivity contribution >= 4 is 35.0 Å².